The first-order valence-corrected chi connectivity index (χ1v) is 6.74. The molecular weight excluding hydrogens is 210 g/mol. The average Bonchev–Trinajstić information content (AvgIpc) is 2.17. The molecule has 0 unspecified atom stereocenters. The van der Waals surface area contributed by atoms with Gasteiger partial charge in [0.05, 0.1) is 0 Å². The van der Waals surface area contributed by atoms with Crippen LogP contribution in [0.4, 0.5) is 5.95 Å². The van der Waals surface area contributed by atoms with Gasteiger partial charge in [-0.3, -0.25) is 0 Å². The van der Waals surface area contributed by atoms with Crippen molar-refractivity contribution >= 4 is 5.95 Å². The van der Waals surface area contributed by atoms with Crippen LogP contribution in [-0.2, 0) is 0 Å². The van der Waals surface area contributed by atoms with Gasteiger partial charge in [0, 0.05) is 24.5 Å². The van der Waals surface area contributed by atoms with Crippen molar-refractivity contribution in [3.05, 3.63) is 17.5 Å². The molecule has 3 heteroatoms. The minimum absolute atomic E-state index is 0.902. The fourth-order valence-corrected chi connectivity index (χ4v) is 1.36. The van der Waals surface area contributed by atoms with Gasteiger partial charge in [0.2, 0.25) is 5.95 Å². The van der Waals surface area contributed by atoms with Crippen molar-refractivity contribution in [2.75, 3.05) is 18.0 Å². The highest BCUT2D eigenvalue weighted by Crippen LogP contribution is 2.15. The molecule has 0 radical (unpaired) electrons. The lowest BCUT2D eigenvalue weighted by Crippen LogP contribution is -2.38. The fraction of sp³-hybridized carbons (Fsp3) is 0.714. The Bertz CT molecular complexity index is 286. The zero-order valence-corrected chi connectivity index (χ0v) is 12.2. The second-order valence-corrected chi connectivity index (χ2v) is 4.00. The van der Waals surface area contributed by atoms with Crippen molar-refractivity contribution in [1.29, 1.82) is 0 Å². The fourth-order valence-electron chi connectivity index (χ4n) is 1.36. The summed E-state index contributed by atoms with van der Waals surface area (Å²) in [5.74, 6) is 0.902. The van der Waals surface area contributed by atoms with E-state index in [1.807, 2.05) is 33.8 Å². The lowest BCUT2D eigenvalue weighted by atomic mass is 10.2. The first kappa shape index (κ1) is 15.9. The normalized spacial score (nSPS) is 12.7. The summed E-state index contributed by atoms with van der Waals surface area (Å²) >= 11 is 0. The van der Waals surface area contributed by atoms with Crippen molar-refractivity contribution in [2.24, 2.45) is 0 Å². The van der Waals surface area contributed by atoms with Gasteiger partial charge in [0.15, 0.2) is 0 Å². The second-order valence-electron chi connectivity index (χ2n) is 4.00. The smallest absolute Gasteiger partial charge is 0.225 e. The van der Waals surface area contributed by atoms with Crippen LogP contribution >= 0.6 is 0 Å². The van der Waals surface area contributed by atoms with Crippen LogP contribution in [0.5, 0.6) is 0 Å². The van der Waals surface area contributed by atoms with E-state index in [9.17, 15) is 0 Å². The number of hydrogen-bond donors (Lipinski definition) is 0. The summed E-state index contributed by atoms with van der Waals surface area (Å²) < 4.78 is 0. The first-order chi connectivity index (χ1) is 8.17. The van der Waals surface area contributed by atoms with Gasteiger partial charge in [0.25, 0.3) is 0 Å². The number of anilines is 1. The van der Waals surface area contributed by atoms with Gasteiger partial charge in [-0.25, -0.2) is 9.97 Å². The summed E-state index contributed by atoms with van der Waals surface area (Å²) in [6.07, 6.45) is 2.52. The standard InChI is InChI=1S/C9H13N3.C3H8.C2H6/c1-7-6-8(2)11-9(10-7)12-4-3-5-12;1-3-2;1-2/h6H,3-5H2,1-2H3;3H2,1-2H3;1-2H3. The quantitative estimate of drug-likeness (QED) is 0.745. The minimum Gasteiger partial charge on any atom is -0.341 e. The molecule has 17 heavy (non-hydrogen) atoms. The largest absolute Gasteiger partial charge is 0.341 e. The molecule has 1 aromatic heterocycles. The summed E-state index contributed by atoms with van der Waals surface area (Å²) in [6.45, 7) is 14.5. The third-order valence-corrected chi connectivity index (χ3v) is 2.11. The molecule has 0 amide bonds. The molecule has 0 atom stereocenters. The van der Waals surface area contributed by atoms with Crippen LogP contribution in [0, 0.1) is 13.8 Å². The lowest BCUT2D eigenvalue weighted by molar-refractivity contribution is 0.598. The van der Waals surface area contributed by atoms with Crippen molar-refractivity contribution in [2.45, 2.75) is 54.4 Å². The average molecular weight is 237 g/mol. The number of aryl methyl sites for hydroxylation is 2. The molecule has 0 bridgehead atoms. The van der Waals surface area contributed by atoms with Crippen LogP contribution in [0.15, 0.2) is 6.07 Å². The van der Waals surface area contributed by atoms with Crippen LogP contribution in [0.2, 0.25) is 0 Å². The maximum Gasteiger partial charge on any atom is 0.225 e. The maximum absolute atomic E-state index is 4.37. The van der Waals surface area contributed by atoms with Crippen LogP contribution in [-0.4, -0.2) is 23.1 Å². The predicted octanol–water partition coefficient (Wildman–Crippen LogP) is 3.75. The molecule has 0 N–H and O–H groups in total. The Labute approximate surface area is 106 Å². The van der Waals surface area contributed by atoms with E-state index < -0.39 is 0 Å². The van der Waals surface area contributed by atoms with Gasteiger partial charge in [-0.2, -0.15) is 0 Å². The molecule has 0 saturated carbocycles. The van der Waals surface area contributed by atoms with Crippen molar-refractivity contribution in [3.63, 3.8) is 0 Å². The van der Waals surface area contributed by atoms with Gasteiger partial charge >= 0.3 is 0 Å². The van der Waals surface area contributed by atoms with Crippen LogP contribution in [0.25, 0.3) is 0 Å². The molecule has 1 aliphatic heterocycles. The van der Waals surface area contributed by atoms with E-state index in [1.54, 1.807) is 0 Å². The number of rotatable bonds is 1. The summed E-state index contributed by atoms with van der Waals surface area (Å²) in [5, 5.41) is 0. The van der Waals surface area contributed by atoms with Crippen molar-refractivity contribution in [1.82, 2.24) is 9.97 Å². The molecule has 1 saturated heterocycles. The SMILES string of the molecule is CC.CCC.Cc1cc(C)nc(N2CCC2)n1. The Morgan fingerprint density at radius 3 is 1.76 bits per heavy atom. The van der Waals surface area contributed by atoms with Crippen LogP contribution in [0.3, 0.4) is 0 Å². The Balaban J connectivity index is 0.000000450. The molecule has 1 aliphatic rings. The molecule has 1 fully saturated rings. The summed E-state index contributed by atoms with van der Waals surface area (Å²) in [5.41, 5.74) is 2.12. The lowest BCUT2D eigenvalue weighted by Gasteiger charge is -2.31. The van der Waals surface area contributed by atoms with E-state index in [1.165, 1.54) is 12.8 Å². The molecule has 1 aromatic rings. The van der Waals surface area contributed by atoms with Crippen molar-refractivity contribution < 1.29 is 0 Å². The molecule has 3 nitrogen and oxygen atoms in total. The number of nitrogens with zero attached hydrogens (tertiary/aromatic N) is 3. The Kier molecular flexibility index (Phi) is 8.38. The molecule has 2 rings (SSSR count). The highest BCUT2D eigenvalue weighted by molar-refractivity contribution is 5.34. The zero-order chi connectivity index (χ0) is 13.3. The molecule has 98 valence electrons. The van der Waals surface area contributed by atoms with E-state index in [4.69, 9.17) is 0 Å². The predicted molar refractivity (Wildman–Crippen MR) is 75.6 cm³/mol. The molecule has 2 heterocycles. The van der Waals surface area contributed by atoms with Gasteiger partial charge in [-0.15, -0.1) is 0 Å². The number of aromatic nitrogens is 2. The number of hydrogen-bond acceptors (Lipinski definition) is 3. The summed E-state index contributed by atoms with van der Waals surface area (Å²) in [7, 11) is 0. The van der Waals surface area contributed by atoms with Gasteiger partial charge in [0.1, 0.15) is 0 Å². The summed E-state index contributed by atoms with van der Waals surface area (Å²) in [6, 6.07) is 2.00. The zero-order valence-electron chi connectivity index (χ0n) is 12.2. The molecule has 0 aromatic carbocycles. The van der Waals surface area contributed by atoms with E-state index in [-0.39, 0.29) is 0 Å². The topological polar surface area (TPSA) is 29.0 Å². The monoisotopic (exact) mass is 237 g/mol. The van der Waals surface area contributed by atoms with Crippen molar-refractivity contribution in [3.8, 4) is 0 Å². The van der Waals surface area contributed by atoms with Gasteiger partial charge in [-0.1, -0.05) is 34.1 Å². The molecular formula is C14H27N3. The Morgan fingerprint density at radius 1 is 1.06 bits per heavy atom. The third kappa shape index (κ3) is 5.66. The molecule has 0 aliphatic carbocycles. The Hall–Kier alpha value is -1.12. The second kappa shape index (κ2) is 8.97. The Morgan fingerprint density at radius 2 is 1.47 bits per heavy atom. The van der Waals surface area contributed by atoms with E-state index in [0.29, 0.717) is 0 Å². The van der Waals surface area contributed by atoms with E-state index in [0.717, 1.165) is 30.4 Å². The van der Waals surface area contributed by atoms with Crippen LogP contribution < -0.4 is 4.90 Å². The third-order valence-electron chi connectivity index (χ3n) is 2.11. The van der Waals surface area contributed by atoms with E-state index in [2.05, 4.69) is 28.7 Å². The van der Waals surface area contributed by atoms with Crippen LogP contribution in [0.1, 0.15) is 51.9 Å². The minimum atomic E-state index is 0.902. The highest BCUT2D eigenvalue weighted by Gasteiger charge is 2.16. The molecule has 0 spiro atoms. The first-order valence-electron chi connectivity index (χ1n) is 6.74. The highest BCUT2D eigenvalue weighted by atomic mass is 15.3. The van der Waals surface area contributed by atoms with Gasteiger partial charge < -0.3 is 4.90 Å². The van der Waals surface area contributed by atoms with E-state index >= 15 is 0 Å². The van der Waals surface area contributed by atoms with Gasteiger partial charge in [-0.05, 0) is 26.3 Å². The maximum atomic E-state index is 4.37. The summed E-state index contributed by atoms with van der Waals surface area (Å²) in [4.78, 5) is 11.0.